The second-order valence-corrected chi connectivity index (χ2v) is 5.55. The number of fused-ring (bicyclic) bond motifs is 1. The molecule has 1 atom stereocenters. The van der Waals surface area contributed by atoms with E-state index in [1.165, 1.54) is 0 Å². The summed E-state index contributed by atoms with van der Waals surface area (Å²) >= 11 is 0. The molecule has 0 bridgehead atoms. The molecule has 0 spiro atoms. The van der Waals surface area contributed by atoms with Crippen molar-refractivity contribution in [2.75, 3.05) is 0 Å². The first-order valence-corrected chi connectivity index (χ1v) is 7.19. The quantitative estimate of drug-likeness (QED) is 0.723. The van der Waals surface area contributed by atoms with Crippen molar-refractivity contribution < 1.29 is 8.94 Å². The van der Waals surface area contributed by atoms with E-state index in [4.69, 9.17) is 8.94 Å². The Morgan fingerprint density at radius 1 is 1.19 bits per heavy atom. The van der Waals surface area contributed by atoms with E-state index in [0.717, 1.165) is 23.1 Å². The van der Waals surface area contributed by atoms with E-state index in [1.54, 1.807) is 6.20 Å². The molecule has 3 aromatic heterocycles. The molecule has 0 saturated carbocycles. The molecular weight excluding hydrogens is 268 g/mol. The highest BCUT2D eigenvalue weighted by Crippen LogP contribution is 2.28. The van der Waals surface area contributed by atoms with Gasteiger partial charge in [0.1, 0.15) is 0 Å². The summed E-state index contributed by atoms with van der Waals surface area (Å²) in [5, 5.41) is 13.2. The molecule has 0 unspecified atom stereocenters. The minimum Gasteiger partial charge on any atom is -0.420 e. The van der Waals surface area contributed by atoms with Crippen LogP contribution in [0.4, 0.5) is 0 Å². The number of rotatable bonds is 4. The lowest BCUT2D eigenvalue weighted by molar-refractivity contribution is 0.434. The number of pyridine rings is 1. The summed E-state index contributed by atoms with van der Waals surface area (Å²) in [6.07, 6.45) is 2.63. The van der Waals surface area contributed by atoms with Crippen LogP contribution in [0.3, 0.4) is 0 Å². The molecule has 3 rings (SSSR count). The van der Waals surface area contributed by atoms with Crippen LogP contribution >= 0.6 is 0 Å². The number of hydrogen-bond donors (Lipinski definition) is 0. The Labute approximate surface area is 122 Å². The third-order valence-corrected chi connectivity index (χ3v) is 3.63. The highest BCUT2D eigenvalue weighted by Gasteiger charge is 2.17. The van der Waals surface area contributed by atoms with E-state index in [1.807, 2.05) is 6.07 Å². The zero-order valence-corrected chi connectivity index (χ0v) is 12.6. The molecule has 6 heteroatoms. The smallest absolute Gasteiger partial charge is 0.257 e. The first kappa shape index (κ1) is 13.7. The molecule has 0 aliphatic rings. The molecule has 3 aromatic rings. The summed E-state index contributed by atoms with van der Waals surface area (Å²) in [6.45, 7) is 8.29. The molecule has 0 amide bonds. The molecule has 0 saturated heterocycles. The molecule has 0 radical (unpaired) electrons. The number of aromatic nitrogens is 4. The Bertz CT molecular complexity index is 760. The Morgan fingerprint density at radius 3 is 2.71 bits per heavy atom. The van der Waals surface area contributed by atoms with Crippen molar-refractivity contribution in [3.8, 4) is 11.5 Å². The van der Waals surface area contributed by atoms with Crippen molar-refractivity contribution in [3.63, 3.8) is 0 Å². The van der Waals surface area contributed by atoms with Crippen LogP contribution in [0.2, 0.25) is 0 Å². The van der Waals surface area contributed by atoms with Crippen molar-refractivity contribution >= 4 is 11.1 Å². The van der Waals surface area contributed by atoms with E-state index in [0.29, 0.717) is 17.5 Å². The first-order valence-electron chi connectivity index (χ1n) is 7.19. The molecule has 110 valence electrons. The maximum absolute atomic E-state index is 5.73. The summed E-state index contributed by atoms with van der Waals surface area (Å²) < 4.78 is 11.0. The van der Waals surface area contributed by atoms with Crippen molar-refractivity contribution in [3.05, 3.63) is 23.8 Å². The van der Waals surface area contributed by atoms with Gasteiger partial charge in [-0.25, -0.2) is 4.98 Å². The van der Waals surface area contributed by atoms with Crippen LogP contribution in [0, 0.1) is 0 Å². The number of nitrogens with zero attached hydrogens (tertiary/aromatic N) is 4. The van der Waals surface area contributed by atoms with Gasteiger partial charge < -0.3 is 8.94 Å². The van der Waals surface area contributed by atoms with Gasteiger partial charge in [-0.2, -0.15) is 0 Å². The van der Waals surface area contributed by atoms with Crippen LogP contribution in [0.25, 0.3) is 22.6 Å². The Hall–Kier alpha value is -2.24. The largest absolute Gasteiger partial charge is 0.420 e. The van der Waals surface area contributed by atoms with Gasteiger partial charge in [0.2, 0.25) is 11.8 Å². The van der Waals surface area contributed by atoms with Gasteiger partial charge in [-0.15, -0.1) is 10.2 Å². The van der Waals surface area contributed by atoms with Crippen LogP contribution in [-0.4, -0.2) is 20.3 Å². The predicted molar refractivity (Wildman–Crippen MR) is 77.9 cm³/mol. The van der Waals surface area contributed by atoms with E-state index in [2.05, 4.69) is 48.0 Å². The van der Waals surface area contributed by atoms with Gasteiger partial charge in [-0.1, -0.05) is 32.9 Å². The normalized spacial score (nSPS) is 13.2. The summed E-state index contributed by atoms with van der Waals surface area (Å²) in [6, 6.07) is 1.95. The van der Waals surface area contributed by atoms with Crippen LogP contribution in [0.5, 0.6) is 0 Å². The van der Waals surface area contributed by atoms with E-state index in [-0.39, 0.29) is 11.8 Å². The molecule has 0 aliphatic heterocycles. The molecule has 3 heterocycles. The van der Waals surface area contributed by atoms with Crippen molar-refractivity contribution in [2.45, 2.75) is 46.0 Å². The minimum atomic E-state index is 0.254. The summed E-state index contributed by atoms with van der Waals surface area (Å²) in [7, 11) is 0. The van der Waals surface area contributed by atoms with Gasteiger partial charge in [0.25, 0.3) is 5.71 Å². The third-order valence-electron chi connectivity index (χ3n) is 3.63. The highest BCUT2D eigenvalue weighted by molar-refractivity contribution is 5.80. The fraction of sp³-hybridized carbons (Fsp3) is 0.467. The molecule has 0 aromatic carbocycles. The Kier molecular flexibility index (Phi) is 3.45. The zero-order chi connectivity index (χ0) is 15.0. The van der Waals surface area contributed by atoms with Crippen LogP contribution in [-0.2, 0) is 0 Å². The fourth-order valence-electron chi connectivity index (χ4n) is 2.11. The Morgan fingerprint density at radius 2 is 2.00 bits per heavy atom. The minimum absolute atomic E-state index is 0.254. The lowest BCUT2D eigenvalue weighted by Crippen LogP contribution is -1.90. The molecule has 0 N–H and O–H groups in total. The average molecular weight is 286 g/mol. The SMILES string of the molecule is CC[C@H](C)c1nnc(-c2cnc3onc(C(C)C)c3c2)o1. The van der Waals surface area contributed by atoms with Gasteiger partial charge in [-0.05, 0) is 18.4 Å². The predicted octanol–water partition coefficient (Wildman–Crippen LogP) is 3.91. The van der Waals surface area contributed by atoms with Gasteiger partial charge in [-0.3, -0.25) is 0 Å². The van der Waals surface area contributed by atoms with E-state index >= 15 is 0 Å². The van der Waals surface area contributed by atoms with Gasteiger partial charge in [0.15, 0.2) is 0 Å². The lowest BCUT2D eigenvalue weighted by atomic mass is 10.1. The maximum atomic E-state index is 5.73. The molecule has 0 fully saturated rings. The van der Waals surface area contributed by atoms with Crippen LogP contribution in [0.15, 0.2) is 21.2 Å². The van der Waals surface area contributed by atoms with Crippen molar-refractivity contribution in [2.24, 2.45) is 0 Å². The topological polar surface area (TPSA) is 77.8 Å². The van der Waals surface area contributed by atoms with E-state index in [9.17, 15) is 0 Å². The first-order chi connectivity index (χ1) is 10.1. The Balaban J connectivity index is 2.04. The molecule has 6 nitrogen and oxygen atoms in total. The summed E-state index contributed by atoms with van der Waals surface area (Å²) in [5.74, 6) is 1.66. The molecule has 0 aliphatic carbocycles. The van der Waals surface area contributed by atoms with Crippen molar-refractivity contribution in [1.82, 2.24) is 20.3 Å². The third kappa shape index (κ3) is 2.41. The second-order valence-electron chi connectivity index (χ2n) is 5.55. The molecular formula is C15H18N4O2. The maximum Gasteiger partial charge on any atom is 0.257 e. The summed E-state index contributed by atoms with van der Waals surface area (Å²) in [5.41, 5.74) is 2.21. The zero-order valence-electron chi connectivity index (χ0n) is 12.6. The fourth-order valence-corrected chi connectivity index (χ4v) is 2.11. The standard InChI is InChI=1S/C15H18N4O2/c1-5-9(4)13-17-18-14(20-13)10-6-11-12(8(2)3)19-21-15(11)16-7-10/h6-9H,5H2,1-4H3/t9-/m0/s1. The number of hydrogen-bond acceptors (Lipinski definition) is 6. The summed E-state index contributed by atoms with van der Waals surface area (Å²) in [4.78, 5) is 4.28. The van der Waals surface area contributed by atoms with Crippen LogP contribution in [0.1, 0.15) is 57.5 Å². The lowest BCUT2D eigenvalue weighted by Gasteiger charge is -2.00. The average Bonchev–Trinajstić information content (AvgIpc) is 3.12. The monoisotopic (exact) mass is 286 g/mol. The molecule has 21 heavy (non-hydrogen) atoms. The van der Waals surface area contributed by atoms with Gasteiger partial charge >= 0.3 is 0 Å². The second kappa shape index (κ2) is 5.27. The van der Waals surface area contributed by atoms with Gasteiger partial charge in [0, 0.05) is 12.1 Å². The van der Waals surface area contributed by atoms with Gasteiger partial charge in [0.05, 0.1) is 16.6 Å². The highest BCUT2D eigenvalue weighted by atomic mass is 16.5. The van der Waals surface area contributed by atoms with Crippen molar-refractivity contribution in [1.29, 1.82) is 0 Å². The van der Waals surface area contributed by atoms with E-state index < -0.39 is 0 Å². The van der Waals surface area contributed by atoms with Crippen LogP contribution < -0.4 is 0 Å².